The van der Waals surface area contributed by atoms with Gasteiger partial charge in [-0.05, 0) is 51.9 Å². The van der Waals surface area contributed by atoms with Crippen LogP contribution in [0, 0.1) is 0 Å². The molecule has 0 bridgehead atoms. The van der Waals surface area contributed by atoms with E-state index in [-0.39, 0.29) is 6.10 Å². The average Bonchev–Trinajstić information content (AvgIpc) is 2.69. The first kappa shape index (κ1) is 12.0. The third-order valence-electron chi connectivity index (χ3n) is 2.88. The standard InChI is InChI=1S/C11H24N2O/c1-2-11(14)10-12-6-5-9-13-7-3-4-8-13/h11-12,14H,2-10H2,1H3. The zero-order valence-electron chi connectivity index (χ0n) is 9.34. The predicted octanol–water partition coefficient (Wildman–Crippen LogP) is 0.833. The first-order valence-electron chi connectivity index (χ1n) is 5.94. The van der Waals surface area contributed by atoms with Gasteiger partial charge in [-0.15, -0.1) is 0 Å². The zero-order chi connectivity index (χ0) is 10.2. The lowest BCUT2D eigenvalue weighted by molar-refractivity contribution is 0.167. The largest absolute Gasteiger partial charge is 0.392 e. The predicted molar refractivity (Wildman–Crippen MR) is 59.5 cm³/mol. The molecule has 2 N–H and O–H groups in total. The Morgan fingerprint density at radius 3 is 2.71 bits per heavy atom. The van der Waals surface area contributed by atoms with Crippen molar-refractivity contribution in [3.8, 4) is 0 Å². The molecule has 1 saturated heterocycles. The summed E-state index contributed by atoms with van der Waals surface area (Å²) in [5.74, 6) is 0. The van der Waals surface area contributed by atoms with E-state index in [1.807, 2.05) is 6.92 Å². The minimum Gasteiger partial charge on any atom is -0.392 e. The maximum Gasteiger partial charge on any atom is 0.0662 e. The summed E-state index contributed by atoms with van der Waals surface area (Å²) >= 11 is 0. The fraction of sp³-hybridized carbons (Fsp3) is 1.00. The summed E-state index contributed by atoms with van der Waals surface area (Å²) in [6.07, 6.45) is 4.64. The smallest absolute Gasteiger partial charge is 0.0662 e. The van der Waals surface area contributed by atoms with Crippen LogP contribution in [-0.2, 0) is 0 Å². The quantitative estimate of drug-likeness (QED) is 0.598. The van der Waals surface area contributed by atoms with Crippen molar-refractivity contribution in [2.45, 2.75) is 38.7 Å². The number of aliphatic hydroxyl groups is 1. The Balaban J connectivity index is 1.84. The van der Waals surface area contributed by atoms with Crippen molar-refractivity contribution in [2.24, 2.45) is 0 Å². The van der Waals surface area contributed by atoms with Gasteiger partial charge >= 0.3 is 0 Å². The minimum absolute atomic E-state index is 0.165. The summed E-state index contributed by atoms with van der Waals surface area (Å²) < 4.78 is 0. The molecular formula is C11H24N2O. The van der Waals surface area contributed by atoms with Crippen molar-refractivity contribution in [2.75, 3.05) is 32.7 Å². The van der Waals surface area contributed by atoms with Crippen LogP contribution < -0.4 is 5.32 Å². The van der Waals surface area contributed by atoms with Gasteiger partial charge < -0.3 is 15.3 Å². The van der Waals surface area contributed by atoms with Gasteiger partial charge in [0.05, 0.1) is 6.10 Å². The van der Waals surface area contributed by atoms with Crippen LogP contribution in [0.25, 0.3) is 0 Å². The Hall–Kier alpha value is -0.120. The maximum atomic E-state index is 9.30. The van der Waals surface area contributed by atoms with Gasteiger partial charge in [-0.3, -0.25) is 0 Å². The van der Waals surface area contributed by atoms with Gasteiger partial charge in [-0.25, -0.2) is 0 Å². The molecule has 0 saturated carbocycles. The molecule has 0 radical (unpaired) electrons. The van der Waals surface area contributed by atoms with E-state index < -0.39 is 0 Å². The summed E-state index contributed by atoms with van der Waals surface area (Å²) in [5, 5.41) is 12.6. The summed E-state index contributed by atoms with van der Waals surface area (Å²) in [6.45, 7) is 7.59. The molecular weight excluding hydrogens is 176 g/mol. The van der Waals surface area contributed by atoms with Crippen LogP contribution in [0.5, 0.6) is 0 Å². The molecule has 1 aliphatic rings. The molecule has 0 aromatic heterocycles. The molecule has 3 nitrogen and oxygen atoms in total. The molecule has 84 valence electrons. The molecule has 0 amide bonds. The second-order valence-electron chi connectivity index (χ2n) is 4.17. The van der Waals surface area contributed by atoms with Crippen molar-refractivity contribution < 1.29 is 5.11 Å². The molecule has 1 atom stereocenters. The first-order valence-corrected chi connectivity index (χ1v) is 5.94. The summed E-state index contributed by atoms with van der Waals surface area (Å²) in [6, 6.07) is 0. The summed E-state index contributed by atoms with van der Waals surface area (Å²) in [4.78, 5) is 2.53. The molecule has 0 aliphatic carbocycles. The Bertz CT molecular complexity index is 135. The van der Waals surface area contributed by atoms with Crippen LogP contribution in [0.4, 0.5) is 0 Å². The van der Waals surface area contributed by atoms with E-state index in [4.69, 9.17) is 0 Å². The highest BCUT2D eigenvalue weighted by Crippen LogP contribution is 2.06. The number of nitrogens with zero attached hydrogens (tertiary/aromatic N) is 1. The minimum atomic E-state index is -0.165. The maximum absolute atomic E-state index is 9.30. The van der Waals surface area contributed by atoms with E-state index >= 15 is 0 Å². The van der Waals surface area contributed by atoms with E-state index in [0.717, 1.165) is 19.5 Å². The van der Waals surface area contributed by atoms with Crippen molar-refractivity contribution >= 4 is 0 Å². The molecule has 1 heterocycles. The van der Waals surface area contributed by atoms with Gasteiger partial charge in [0.25, 0.3) is 0 Å². The highest BCUT2D eigenvalue weighted by atomic mass is 16.3. The SMILES string of the molecule is CCC(O)CNCCCN1CCCC1. The first-order chi connectivity index (χ1) is 6.83. The van der Waals surface area contributed by atoms with Gasteiger partial charge in [-0.1, -0.05) is 6.92 Å². The van der Waals surface area contributed by atoms with Gasteiger partial charge in [0.1, 0.15) is 0 Å². The molecule has 14 heavy (non-hydrogen) atoms. The fourth-order valence-corrected chi connectivity index (χ4v) is 1.85. The Labute approximate surface area is 87.5 Å². The zero-order valence-corrected chi connectivity index (χ0v) is 9.34. The third kappa shape index (κ3) is 4.94. The molecule has 1 rings (SSSR count). The van der Waals surface area contributed by atoms with Crippen LogP contribution in [-0.4, -0.2) is 48.8 Å². The second kappa shape index (κ2) is 7.21. The second-order valence-corrected chi connectivity index (χ2v) is 4.17. The number of aliphatic hydroxyl groups excluding tert-OH is 1. The molecule has 3 heteroatoms. The van der Waals surface area contributed by atoms with Crippen LogP contribution >= 0.6 is 0 Å². The number of hydrogen-bond donors (Lipinski definition) is 2. The highest BCUT2D eigenvalue weighted by molar-refractivity contribution is 4.66. The molecule has 1 fully saturated rings. The lowest BCUT2D eigenvalue weighted by atomic mass is 10.3. The van der Waals surface area contributed by atoms with Crippen molar-refractivity contribution in [3.63, 3.8) is 0 Å². The van der Waals surface area contributed by atoms with Crippen LogP contribution in [0.3, 0.4) is 0 Å². The highest BCUT2D eigenvalue weighted by Gasteiger charge is 2.09. The summed E-state index contributed by atoms with van der Waals surface area (Å²) in [7, 11) is 0. The topological polar surface area (TPSA) is 35.5 Å². The monoisotopic (exact) mass is 200 g/mol. The van der Waals surface area contributed by atoms with Gasteiger partial charge in [0.2, 0.25) is 0 Å². The lowest BCUT2D eigenvalue weighted by Crippen LogP contribution is -2.29. The Morgan fingerprint density at radius 1 is 1.36 bits per heavy atom. The normalized spacial score (nSPS) is 20.1. The molecule has 0 aromatic carbocycles. The molecule has 1 aliphatic heterocycles. The van der Waals surface area contributed by atoms with Gasteiger partial charge in [0.15, 0.2) is 0 Å². The Kier molecular flexibility index (Phi) is 6.15. The Morgan fingerprint density at radius 2 is 2.07 bits per heavy atom. The molecule has 0 aromatic rings. The summed E-state index contributed by atoms with van der Waals surface area (Å²) in [5.41, 5.74) is 0. The van der Waals surface area contributed by atoms with E-state index in [0.29, 0.717) is 0 Å². The molecule has 1 unspecified atom stereocenters. The van der Waals surface area contributed by atoms with E-state index in [2.05, 4.69) is 10.2 Å². The fourth-order valence-electron chi connectivity index (χ4n) is 1.85. The van der Waals surface area contributed by atoms with Crippen LogP contribution in [0.2, 0.25) is 0 Å². The van der Waals surface area contributed by atoms with Crippen molar-refractivity contribution in [3.05, 3.63) is 0 Å². The van der Waals surface area contributed by atoms with Gasteiger partial charge in [0, 0.05) is 6.54 Å². The van der Waals surface area contributed by atoms with E-state index in [9.17, 15) is 5.11 Å². The van der Waals surface area contributed by atoms with E-state index in [1.165, 1.54) is 38.9 Å². The third-order valence-corrected chi connectivity index (χ3v) is 2.88. The van der Waals surface area contributed by atoms with Gasteiger partial charge in [-0.2, -0.15) is 0 Å². The number of nitrogens with one attached hydrogen (secondary N) is 1. The van der Waals surface area contributed by atoms with Crippen LogP contribution in [0.15, 0.2) is 0 Å². The number of hydrogen-bond acceptors (Lipinski definition) is 3. The number of rotatable bonds is 7. The van der Waals surface area contributed by atoms with Crippen LogP contribution in [0.1, 0.15) is 32.6 Å². The molecule has 0 spiro atoms. The number of likely N-dealkylation sites (tertiary alicyclic amines) is 1. The van der Waals surface area contributed by atoms with E-state index in [1.54, 1.807) is 0 Å². The van der Waals surface area contributed by atoms with Crippen molar-refractivity contribution in [1.82, 2.24) is 10.2 Å². The van der Waals surface area contributed by atoms with Crippen molar-refractivity contribution in [1.29, 1.82) is 0 Å². The average molecular weight is 200 g/mol. The lowest BCUT2D eigenvalue weighted by Gasteiger charge is -2.15.